The van der Waals surface area contributed by atoms with Gasteiger partial charge < -0.3 is 15.0 Å². The van der Waals surface area contributed by atoms with Crippen molar-refractivity contribution in [2.75, 3.05) is 11.9 Å². The highest BCUT2D eigenvalue weighted by molar-refractivity contribution is 6.14. The number of fused-ring (bicyclic) bond motifs is 2. The standard InChI is InChI=1S/C18H18N4O3/c1-2-25-18(24)16-15(12-7-3-4-8-13(12)19-16)20-17(23)14-10-11-6-5-9-22(11)21-14/h3-4,7-8,10,19H,2,5-6,9H2,1H3,(H,20,23). The molecule has 2 N–H and O–H groups in total. The van der Waals surface area contributed by atoms with E-state index in [1.807, 2.05) is 28.9 Å². The number of nitrogens with one attached hydrogen (secondary N) is 2. The highest BCUT2D eigenvalue weighted by Gasteiger charge is 2.23. The van der Waals surface area contributed by atoms with E-state index in [2.05, 4.69) is 15.4 Å². The number of carbonyl (C=O) groups is 2. The highest BCUT2D eigenvalue weighted by atomic mass is 16.5. The third-order valence-corrected chi connectivity index (χ3v) is 4.32. The van der Waals surface area contributed by atoms with Gasteiger partial charge in [-0.3, -0.25) is 9.48 Å². The smallest absolute Gasteiger partial charge is 0.356 e. The monoisotopic (exact) mass is 338 g/mol. The molecule has 0 saturated carbocycles. The van der Waals surface area contributed by atoms with Crippen molar-refractivity contribution >= 4 is 28.5 Å². The van der Waals surface area contributed by atoms with Gasteiger partial charge in [-0.15, -0.1) is 0 Å². The van der Waals surface area contributed by atoms with Crippen molar-refractivity contribution in [3.63, 3.8) is 0 Å². The maximum Gasteiger partial charge on any atom is 0.356 e. The Bertz CT molecular complexity index is 949. The lowest BCUT2D eigenvalue weighted by molar-refractivity contribution is 0.0522. The lowest BCUT2D eigenvalue weighted by atomic mass is 10.2. The van der Waals surface area contributed by atoms with Crippen molar-refractivity contribution in [3.8, 4) is 0 Å². The molecule has 4 rings (SSSR count). The van der Waals surface area contributed by atoms with Crippen molar-refractivity contribution in [1.29, 1.82) is 0 Å². The van der Waals surface area contributed by atoms with Crippen LogP contribution in [0.3, 0.4) is 0 Å². The van der Waals surface area contributed by atoms with Gasteiger partial charge in [0.05, 0.1) is 12.3 Å². The third-order valence-electron chi connectivity index (χ3n) is 4.32. The molecule has 7 nitrogen and oxygen atoms in total. The van der Waals surface area contributed by atoms with Gasteiger partial charge in [0.2, 0.25) is 0 Å². The Labute approximate surface area is 144 Å². The lowest BCUT2D eigenvalue weighted by Crippen LogP contribution is -2.16. The van der Waals surface area contributed by atoms with Gasteiger partial charge >= 0.3 is 5.97 Å². The third kappa shape index (κ3) is 2.67. The molecule has 0 aliphatic carbocycles. The molecule has 1 aliphatic rings. The molecule has 25 heavy (non-hydrogen) atoms. The van der Waals surface area contributed by atoms with E-state index in [0.29, 0.717) is 11.4 Å². The van der Waals surface area contributed by atoms with Crippen LogP contribution < -0.4 is 5.32 Å². The van der Waals surface area contributed by atoms with Crippen LogP contribution in [-0.2, 0) is 17.7 Å². The minimum absolute atomic E-state index is 0.239. The SMILES string of the molecule is CCOC(=O)c1[nH]c2ccccc2c1NC(=O)c1cc2n(n1)CCC2. The van der Waals surface area contributed by atoms with Gasteiger partial charge in [-0.05, 0) is 31.9 Å². The Morgan fingerprint density at radius 3 is 3.00 bits per heavy atom. The molecule has 0 spiro atoms. The molecule has 3 heterocycles. The van der Waals surface area contributed by atoms with Crippen molar-refractivity contribution in [2.45, 2.75) is 26.3 Å². The van der Waals surface area contributed by atoms with Gasteiger partial charge in [-0.2, -0.15) is 5.10 Å². The molecule has 128 valence electrons. The summed E-state index contributed by atoms with van der Waals surface area (Å²) in [6, 6.07) is 9.21. The van der Waals surface area contributed by atoms with E-state index in [-0.39, 0.29) is 18.2 Å². The number of H-pyrrole nitrogens is 1. The average Bonchev–Trinajstić information content (AvgIpc) is 3.28. The van der Waals surface area contributed by atoms with E-state index in [0.717, 1.165) is 36.0 Å². The van der Waals surface area contributed by atoms with Crippen molar-refractivity contribution in [3.05, 3.63) is 47.4 Å². The van der Waals surface area contributed by atoms with Gasteiger partial charge in [0.15, 0.2) is 5.69 Å². The fourth-order valence-corrected chi connectivity index (χ4v) is 3.18. The first-order chi connectivity index (χ1) is 12.2. The van der Waals surface area contributed by atoms with Gasteiger partial charge in [-0.1, -0.05) is 18.2 Å². The largest absolute Gasteiger partial charge is 0.461 e. The molecule has 0 saturated heterocycles. The zero-order valence-corrected chi connectivity index (χ0v) is 13.8. The zero-order valence-electron chi connectivity index (χ0n) is 13.8. The number of amides is 1. The number of aromatic nitrogens is 3. The molecule has 7 heteroatoms. The second-order valence-electron chi connectivity index (χ2n) is 5.94. The predicted octanol–water partition coefficient (Wildman–Crippen LogP) is 2.74. The maximum absolute atomic E-state index is 12.6. The van der Waals surface area contributed by atoms with E-state index in [9.17, 15) is 9.59 Å². The Hall–Kier alpha value is -3.09. The number of para-hydroxylation sites is 1. The summed E-state index contributed by atoms with van der Waals surface area (Å²) in [5.74, 6) is -0.835. The average molecular weight is 338 g/mol. The van der Waals surface area contributed by atoms with Gasteiger partial charge in [0.1, 0.15) is 5.69 Å². The van der Waals surface area contributed by atoms with Gasteiger partial charge in [-0.25, -0.2) is 4.79 Å². The summed E-state index contributed by atoms with van der Waals surface area (Å²) in [6.45, 7) is 2.84. The van der Waals surface area contributed by atoms with E-state index >= 15 is 0 Å². The van der Waals surface area contributed by atoms with Crippen LogP contribution in [0.1, 0.15) is 40.0 Å². The molecule has 0 fully saturated rings. The second kappa shape index (κ2) is 6.08. The first kappa shape index (κ1) is 15.4. The van der Waals surface area contributed by atoms with E-state index < -0.39 is 5.97 Å². The number of rotatable bonds is 4. The summed E-state index contributed by atoms with van der Waals surface area (Å²) in [4.78, 5) is 27.9. The summed E-state index contributed by atoms with van der Waals surface area (Å²) < 4.78 is 6.95. The summed E-state index contributed by atoms with van der Waals surface area (Å²) in [5, 5.41) is 7.93. The van der Waals surface area contributed by atoms with Crippen molar-refractivity contribution in [2.24, 2.45) is 0 Å². The predicted molar refractivity (Wildman–Crippen MR) is 92.8 cm³/mol. The lowest BCUT2D eigenvalue weighted by Gasteiger charge is -2.06. The summed E-state index contributed by atoms with van der Waals surface area (Å²) in [7, 11) is 0. The Kier molecular flexibility index (Phi) is 3.76. The first-order valence-corrected chi connectivity index (χ1v) is 8.33. The topological polar surface area (TPSA) is 89.0 Å². The number of esters is 1. The van der Waals surface area contributed by atoms with Gasteiger partial charge in [0, 0.05) is 23.1 Å². The van der Waals surface area contributed by atoms with Crippen LogP contribution in [0.2, 0.25) is 0 Å². The first-order valence-electron chi connectivity index (χ1n) is 8.33. The Morgan fingerprint density at radius 2 is 2.20 bits per heavy atom. The molecule has 1 aromatic carbocycles. The number of ether oxygens (including phenoxy) is 1. The molecule has 1 aliphatic heterocycles. The van der Waals surface area contributed by atoms with Crippen LogP contribution in [0.4, 0.5) is 5.69 Å². The van der Waals surface area contributed by atoms with Crippen LogP contribution in [0, 0.1) is 0 Å². The minimum atomic E-state index is -0.499. The van der Waals surface area contributed by atoms with Crippen LogP contribution in [0.15, 0.2) is 30.3 Å². The molecule has 3 aromatic rings. The Morgan fingerprint density at radius 1 is 1.36 bits per heavy atom. The Balaban J connectivity index is 1.70. The van der Waals surface area contributed by atoms with Crippen LogP contribution in [-0.4, -0.2) is 33.2 Å². The quantitative estimate of drug-likeness (QED) is 0.716. The van der Waals surface area contributed by atoms with Crippen LogP contribution in [0.25, 0.3) is 10.9 Å². The number of nitrogens with zero attached hydrogens (tertiary/aromatic N) is 2. The van der Waals surface area contributed by atoms with Crippen molar-refractivity contribution in [1.82, 2.24) is 14.8 Å². The zero-order chi connectivity index (χ0) is 17.4. The minimum Gasteiger partial charge on any atom is -0.461 e. The number of benzene rings is 1. The fourth-order valence-electron chi connectivity index (χ4n) is 3.18. The molecule has 0 atom stereocenters. The van der Waals surface area contributed by atoms with Crippen molar-refractivity contribution < 1.29 is 14.3 Å². The summed E-state index contributed by atoms with van der Waals surface area (Å²) >= 11 is 0. The number of carbonyl (C=O) groups excluding carboxylic acids is 2. The van der Waals surface area contributed by atoms with Gasteiger partial charge in [0.25, 0.3) is 5.91 Å². The normalized spacial score (nSPS) is 13.0. The number of aryl methyl sites for hydroxylation is 2. The molecule has 1 amide bonds. The molecule has 0 radical (unpaired) electrons. The molecule has 2 aromatic heterocycles. The number of aromatic amines is 1. The maximum atomic E-state index is 12.6. The number of anilines is 1. The summed E-state index contributed by atoms with van der Waals surface area (Å²) in [6.07, 6.45) is 1.99. The van der Waals surface area contributed by atoms with E-state index in [1.54, 1.807) is 13.0 Å². The summed E-state index contributed by atoms with van der Waals surface area (Å²) in [5.41, 5.74) is 2.84. The number of hydrogen-bond donors (Lipinski definition) is 2. The number of hydrogen-bond acceptors (Lipinski definition) is 4. The van der Waals surface area contributed by atoms with Crippen LogP contribution >= 0.6 is 0 Å². The van der Waals surface area contributed by atoms with Crippen LogP contribution in [0.5, 0.6) is 0 Å². The van der Waals surface area contributed by atoms with E-state index in [4.69, 9.17) is 4.74 Å². The molecule has 0 bridgehead atoms. The second-order valence-corrected chi connectivity index (χ2v) is 5.94. The fraction of sp³-hybridized carbons (Fsp3) is 0.278. The molecular formula is C18H18N4O3. The molecule has 0 unspecified atom stereocenters. The molecular weight excluding hydrogens is 320 g/mol. The highest BCUT2D eigenvalue weighted by Crippen LogP contribution is 2.29. The van der Waals surface area contributed by atoms with E-state index in [1.165, 1.54) is 0 Å².